The van der Waals surface area contributed by atoms with Crippen LogP contribution in [0.5, 0.6) is 5.75 Å². The van der Waals surface area contributed by atoms with Gasteiger partial charge in [0.15, 0.2) is 0 Å². The lowest BCUT2D eigenvalue weighted by Gasteiger charge is -2.17. The third-order valence-corrected chi connectivity index (χ3v) is 4.81. The summed E-state index contributed by atoms with van der Waals surface area (Å²) in [5, 5.41) is 5.71. The molecule has 1 atom stereocenters. The average Bonchev–Trinajstić information content (AvgIpc) is 2.99. The summed E-state index contributed by atoms with van der Waals surface area (Å²) >= 11 is 3.61. The summed E-state index contributed by atoms with van der Waals surface area (Å²) in [6, 6.07) is 6.70. The number of hydrogen-bond donors (Lipinski definition) is 1. The van der Waals surface area contributed by atoms with Gasteiger partial charge in [0.25, 0.3) is 0 Å². The second-order valence-electron chi connectivity index (χ2n) is 4.19. The number of aryl methyl sites for hydroxylation is 1. The molecule has 0 aromatic carbocycles. The van der Waals surface area contributed by atoms with Crippen molar-refractivity contribution in [2.24, 2.45) is 0 Å². The maximum atomic E-state index is 5.45. The molecule has 0 spiro atoms. The van der Waals surface area contributed by atoms with Crippen molar-refractivity contribution in [2.75, 3.05) is 13.7 Å². The molecule has 0 amide bonds. The average molecular weight is 281 g/mol. The Balaban J connectivity index is 2.30. The first kappa shape index (κ1) is 13.6. The molecule has 0 saturated heterocycles. The van der Waals surface area contributed by atoms with Crippen molar-refractivity contribution >= 4 is 22.7 Å². The molecule has 0 aliphatic heterocycles. The SMILES string of the molecule is CCCNC(c1ccc(C)s1)c1sccc1OC. The molecular weight excluding hydrogens is 262 g/mol. The molecule has 0 aliphatic carbocycles. The van der Waals surface area contributed by atoms with Gasteiger partial charge in [0.05, 0.1) is 18.0 Å². The van der Waals surface area contributed by atoms with Gasteiger partial charge >= 0.3 is 0 Å². The van der Waals surface area contributed by atoms with Gasteiger partial charge in [-0.15, -0.1) is 22.7 Å². The lowest BCUT2D eigenvalue weighted by molar-refractivity contribution is 0.407. The summed E-state index contributed by atoms with van der Waals surface area (Å²) in [6.07, 6.45) is 1.13. The van der Waals surface area contributed by atoms with Crippen molar-refractivity contribution in [2.45, 2.75) is 26.3 Å². The number of ether oxygens (including phenoxy) is 1. The molecule has 2 aromatic rings. The minimum atomic E-state index is 0.263. The molecule has 2 aromatic heterocycles. The summed E-state index contributed by atoms with van der Waals surface area (Å²) in [7, 11) is 1.74. The molecule has 4 heteroatoms. The lowest BCUT2D eigenvalue weighted by Crippen LogP contribution is -2.21. The maximum absolute atomic E-state index is 5.45. The highest BCUT2D eigenvalue weighted by Crippen LogP contribution is 2.37. The smallest absolute Gasteiger partial charge is 0.134 e. The molecular formula is C14H19NOS2. The van der Waals surface area contributed by atoms with Crippen molar-refractivity contribution in [1.29, 1.82) is 0 Å². The standard InChI is InChI=1S/C14H19NOS2/c1-4-8-15-13(12-6-5-10(2)18-12)14-11(16-3)7-9-17-14/h5-7,9,13,15H,4,8H2,1-3H3. The fraction of sp³-hybridized carbons (Fsp3) is 0.429. The van der Waals surface area contributed by atoms with Crippen LogP contribution in [0, 0.1) is 6.92 Å². The van der Waals surface area contributed by atoms with Crippen LogP contribution in [0.3, 0.4) is 0 Å². The molecule has 1 N–H and O–H groups in total. The minimum Gasteiger partial charge on any atom is -0.496 e. The highest BCUT2D eigenvalue weighted by Gasteiger charge is 2.20. The fourth-order valence-corrected chi connectivity index (χ4v) is 3.90. The summed E-state index contributed by atoms with van der Waals surface area (Å²) < 4.78 is 5.45. The third kappa shape index (κ3) is 2.94. The number of rotatable bonds is 6. The largest absolute Gasteiger partial charge is 0.496 e. The summed E-state index contributed by atoms with van der Waals surface area (Å²) in [5.74, 6) is 0.986. The van der Waals surface area contributed by atoms with Crippen molar-refractivity contribution in [3.05, 3.63) is 38.2 Å². The Labute approximate surface area is 117 Å². The first-order valence-corrected chi connectivity index (χ1v) is 7.87. The van der Waals surface area contributed by atoms with Gasteiger partial charge < -0.3 is 10.1 Å². The van der Waals surface area contributed by atoms with Crippen molar-refractivity contribution in [3.63, 3.8) is 0 Å². The number of thiophene rings is 2. The summed E-state index contributed by atoms with van der Waals surface area (Å²) in [4.78, 5) is 3.98. The van der Waals surface area contributed by atoms with E-state index in [2.05, 4.69) is 36.7 Å². The van der Waals surface area contributed by atoms with E-state index >= 15 is 0 Å². The quantitative estimate of drug-likeness (QED) is 0.856. The second-order valence-corrected chi connectivity index (χ2v) is 6.46. The van der Waals surface area contributed by atoms with Crippen LogP contribution < -0.4 is 10.1 Å². The van der Waals surface area contributed by atoms with Crippen LogP contribution in [0.4, 0.5) is 0 Å². The van der Waals surface area contributed by atoms with Crippen LogP contribution in [-0.4, -0.2) is 13.7 Å². The van der Waals surface area contributed by atoms with Crippen LogP contribution in [0.25, 0.3) is 0 Å². The Morgan fingerprint density at radius 1 is 1.33 bits per heavy atom. The molecule has 0 radical (unpaired) electrons. The lowest BCUT2D eigenvalue weighted by atomic mass is 10.2. The molecule has 2 nitrogen and oxygen atoms in total. The Hall–Kier alpha value is -0.840. The van der Waals surface area contributed by atoms with E-state index in [4.69, 9.17) is 4.74 Å². The zero-order valence-electron chi connectivity index (χ0n) is 11.0. The Kier molecular flexibility index (Phi) is 4.80. The van der Waals surface area contributed by atoms with Crippen LogP contribution in [0.2, 0.25) is 0 Å². The third-order valence-electron chi connectivity index (χ3n) is 2.78. The molecule has 98 valence electrons. The molecule has 1 unspecified atom stereocenters. The second kappa shape index (κ2) is 6.36. The van der Waals surface area contributed by atoms with Crippen molar-refractivity contribution < 1.29 is 4.74 Å². The minimum absolute atomic E-state index is 0.263. The molecule has 0 bridgehead atoms. The predicted molar refractivity (Wildman–Crippen MR) is 80.1 cm³/mol. The monoisotopic (exact) mass is 281 g/mol. The Morgan fingerprint density at radius 2 is 2.17 bits per heavy atom. The highest BCUT2D eigenvalue weighted by molar-refractivity contribution is 7.13. The first-order valence-electron chi connectivity index (χ1n) is 6.17. The van der Waals surface area contributed by atoms with E-state index in [0.29, 0.717) is 0 Å². The van der Waals surface area contributed by atoms with Gasteiger partial charge in [-0.1, -0.05) is 6.92 Å². The summed E-state index contributed by atoms with van der Waals surface area (Å²) in [6.45, 7) is 5.36. The highest BCUT2D eigenvalue weighted by atomic mass is 32.1. The van der Waals surface area contributed by atoms with Crippen LogP contribution in [-0.2, 0) is 0 Å². The molecule has 0 saturated carbocycles. The molecule has 0 fully saturated rings. The van der Waals surface area contributed by atoms with E-state index in [1.165, 1.54) is 14.6 Å². The van der Waals surface area contributed by atoms with Crippen molar-refractivity contribution in [1.82, 2.24) is 5.32 Å². The number of nitrogens with one attached hydrogen (secondary N) is 1. The Bertz CT molecular complexity index is 489. The fourth-order valence-electron chi connectivity index (χ4n) is 1.91. The van der Waals surface area contributed by atoms with Gasteiger partial charge in [0.1, 0.15) is 5.75 Å². The number of methoxy groups -OCH3 is 1. The topological polar surface area (TPSA) is 21.3 Å². The zero-order chi connectivity index (χ0) is 13.0. The van der Waals surface area contributed by atoms with Gasteiger partial charge in [-0.3, -0.25) is 0 Å². The summed E-state index contributed by atoms with van der Waals surface area (Å²) in [5.41, 5.74) is 0. The number of hydrogen-bond acceptors (Lipinski definition) is 4. The van der Waals surface area contributed by atoms with E-state index in [-0.39, 0.29) is 6.04 Å². The van der Waals surface area contributed by atoms with E-state index in [1.54, 1.807) is 18.4 Å². The predicted octanol–water partition coefficient (Wildman–Crippen LogP) is 4.22. The Morgan fingerprint density at radius 3 is 2.78 bits per heavy atom. The van der Waals surface area contributed by atoms with E-state index in [0.717, 1.165) is 18.7 Å². The van der Waals surface area contributed by atoms with Crippen LogP contribution in [0.15, 0.2) is 23.6 Å². The van der Waals surface area contributed by atoms with Gasteiger partial charge in [0.2, 0.25) is 0 Å². The van der Waals surface area contributed by atoms with Crippen LogP contribution in [0.1, 0.15) is 34.0 Å². The molecule has 18 heavy (non-hydrogen) atoms. The molecule has 2 heterocycles. The molecule has 2 rings (SSSR count). The van der Waals surface area contributed by atoms with E-state index < -0.39 is 0 Å². The first-order chi connectivity index (χ1) is 8.76. The zero-order valence-corrected chi connectivity index (χ0v) is 12.7. The van der Waals surface area contributed by atoms with Gasteiger partial charge in [-0.05, 0) is 43.5 Å². The van der Waals surface area contributed by atoms with Crippen LogP contribution >= 0.6 is 22.7 Å². The van der Waals surface area contributed by atoms with Crippen molar-refractivity contribution in [3.8, 4) is 5.75 Å². The van der Waals surface area contributed by atoms with E-state index in [9.17, 15) is 0 Å². The maximum Gasteiger partial charge on any atom is 0.134 e. The van der Waals surface area contributed by atoms with Gasteiger partial charge in [0, 0.05) is 9.75 Å². The van der Waals surface area contributed by atoms with Gasteiger partial charge in [-0.25, -0.2) is 0 Å². The normalized spacial score (nSPS) is 12.6. The molecule has 0 aliphatic rings. The van der Waals surface area contributed by atoms with Gasteiger partial charge in [-0.2, -0.15) is 0 Å². The van der Waals surface area contributed by atoms with E-state index in [1.807, 2.05) is 17.4 Å².